The van der Waals surface area contributed by atoms with E-state index in [2.05, 4.69) is 26.3 Å². The molecule has 0 fully saturated rings. The van der Waals surface area contributed by atoms with Crippen LogP contribution >= 0.6 is 0 Å². The molecule has 3 atom stereocenters. The van der Waals surface area contributed by atoms with Gasteiger partial charge in [0.2, 0.25) is 17.7 Å². The molecular formula is C38H45N7O5. The summed E-state index contributed by atoms with van der Waals surface area (Å²) in [7, 11) is 0. The number of pyridine rings is 1. The lowest BCUT2D eigenvalue weighted by molar-refractivity contribution is -0.132. The number of fused-ring (bicyclic) bond motifs is 19. The molecule has 6 rings (SSSR count). The van der Waals surface area contributed by atoms with Gasteiger partial charge in [0, 0.05) is 44.0 Å². The quantitative estimate of drug-likeness (QED) is 0.238. The Morgan fingerprint density at radius 1 is 0.840 bits per heavy atom. The molecule has 0 aliphatic carbocycles. The molecule has 0 saturated heterocycles. The van der Waals surface area contributed by atoms with Gasteiger partial charge in [-0.2, -0.15) is 0 Å². The van der Waals surface area contributed by atoms with Crippen molar-refractivity contribution in [3.8, 4) is 0 Å². The Morgan fingerprint density at radius 2 is 1.56 bits per heavy atom. The Balaban J connectivity index is 1.41. The first kappa shape index (κ1) is 35.8. The molecule has 0 unspecified atom stereocenters. The van der Waals surface area contributed by atoms with Crippen molar-refractivity contribution in [2.45, 2.75) is 71.1 Å². The average molecular weight is 680 g/mol. The van der Waals surface area contributed by atoms with Crippen molar-refractivity contribution in [3.63, 3.8) is 0 Å². The highest BCUT2D eigenvalue weighted by molar-refractivity contribution is 5.99. The summed E-state index contributed by atoms with van der Waals surface area (Å²) in [4.78, 5) is 73.6. The lowest BCUT2D eigenvalue weighted by Gasteiger charge is -2.25. The molecule has 2 aromatic heterocycles. The van der Waals surface area contributed by atoms with Gasteiger partial charge in [0.15, 0.2) is 0 Å². The zero-order valence-corrected chi connectivity index (χ0v) is 28.7. The monoisotopic (exact) mass is 679 g/mol. The fourth-order valence-corrected chi connectivity index (χ4v) is 5.88. The molecular weight excluding hydrogens is 634 g/mol. The van der Waals surface area contributed by atoms with Crippen molar-refractivity contribution in [2.75, 3.05) is 13.1 Å². The second-order valence-electron chi connectivity index (χ2n) is 13.2. The van der Waals surface area contributed by atoms with Gasteiger partial charge in [0.25, 0.3) is 11.8 Å². The Kier molecular flexibility index (Phi) is 12.0. The topological polar surface area (TPSA) is 154 Å². The number of amides is 5. The number of carbonyl (C=O) groups is 5. The summed E-state index contributed by atoms with van der Waals surface area (Å²) in [5.41, 5.74) is 2.97. The van der Waals surface area contributed by atoms with E-state index in [9.17, 15) is 24.0 Å². The summed E-state index contributed by atoms with van der Waals surface area (Å²) in [5, 5.41) is 11.3. The van der Waals surface area contributed by atoms with Crippen molar-refractivity contribution in [1.29, 1.82) is 0 Å². The number of hydrogen-bond donors (Lipinski definition) is 4. The molecule has 2 bridgehead atoms. The average Bonchev–Trinajstić information content (AvgIpc) is 3.54. The summed E-state index contributed by atoms with van der Waals surface area (Å²) in [6.07, 6.45) is 5.27. The van der Waals surface area contributed by atoms with Gasteiger partial charge in [-0.05, 0) is 67.5 Å². The molecule has 0 saturated carbocycles. The first-order valence-electron chi connectivity index (χ1n) is 17.1. The first-order valence-corrected chi connectivity index (χ1v) is 17.1. The van der Waals surface area contributed by atoms with Crippen LogP contribution in [0.1, 0.15) is 72.0 Å². The van der Waals surface area contributed by atoms with E-state index in [1.807, 2.05) is 68.6 Å². The molecule has 4 aromatic rings. The second-order valence-corrected chi connectivity index (χ2v) is 13.2. The van der Waals surface area contributed by atoms with Crippen LogP contribution in [0.5, 0.6) is 0 Å². The van der Waals surface area contributed by atoms with E-state index in [0.717, 1.165) is 11.1 Å². The summed E-state index contributed by atoms with van der Waals surface area (Å²) in [6.45, 7) is 6.51. The highest BCUT2D eigenvalue weighted by atomic mass is 16.2. The van der Waals surface area contributed by atoms with Crippen LogP contribution in [0.2, 0.25) is 0 Å². The van der Waals surface area contributed by atoms with Crippen LogP contribution in [0.25, 0.3) is 5.65 Å². The zero-order chi connectivity index (χ0) is 35.6. The molecule has 2 aromatic carbocycles. The minimum absolute atomic E-state index is 0.0597. The van der Waals surface area contributed by atoms with Crippen LogP contribution in [-0.2, 0) is 27.3 Å². The van der Waals surface area contributed by atoms with Crippen molar-refractivity contribution in [3.05, 3.63) is 108 Å². The summed E-state index contributed by atoms with van der Waals surface area (Å²) >= 11 is 0. The van der Waals surface area contributed by atoms with E-state index in [-0.39, 0.29) is 30.7 Å². The van der Waals surface area contributed by atoms with E-state index in [4.69, 9.17) is 0 Å². The van der Waals surface area contributed by atoms with E-state index in [0.29, 0.717) is 49.3 Å². The molecule has 4 heterocycles. The van der Waals surface area contributed by atoms with Crippen LogP contribution in [0, 0.1) is 5.92 Å². The zero-order valence-electron chi connectivity index (χ0n) is 28.7. The van der Waals surface area contributed by atoms with E-state index < -0.39 is 35.8 Å². The molecule has 2 aliphatic heterocycles. The molecule has 12 heteroatoms. The van der Waals surface area contributed by atoms with Gasteiger partial charge in [0.1, 0.15) is 29.5 Å². The molecule has 0 spiro atoms. The number of carbonyl (C=O) groups excluding carboxylic acids is 5. The van der Waals surface area contributed by atoms with E-state index in [1.54, 1.807) is 46.7 Å². The predicted octanol–water partition coefficient (Wildman–Crippen LogP) is 3.26. The fraction of sp³-hybridized carbons (Fsp3) is 0.368. The Morgan fingerprint density at radius 3 is 2.28 bits per heavy atom. The van der Waals surface area contributed by atoms with Gasteiger partial charge in [-0.1, -0.05) is 62.4 Å². The van der Waals surface area contributed by atoms with Crippen LogP contribution in [0.15, 0.2) is 85.2 Å². The number of nitrogens with one attached hydrogen (secondary N) is 4. The number of benzene rings is 2. The van der Waals surface area contributed by atoms with Crippen LogP contribution in [0.4, 0.5) is 0 Å². The van der Waals surface area contributed by atoms with Gasteiger partial charge in [-0.3, -0.25) is 24.0 Å². The summed E-state index contributed by atoms with van der Waals surface area (Å²) < 4.78 is 1.79. The third-order valence-corrected chi connectivity index (χ3v) is 8.61. The van der Waals surface area contributed by atoms with Crippen LogP contribution < -0.4 is 21.3 Å². The van der Waals surface area contributed by atoms with Crippen molar-refractivity contribution in [1.82, 2.24) is 35.6 Å². The predicted molar refractivity (Wildman–Crippen MR) is 189 cm³/mol. The van der Waals surface area contributed by atoms with E-state index >= 15 is 0 Å². The number of aromatic nitrogens is 2. The van der Waals surface area contributed by atoms with Gasteiger partial charge < -0.3 is 30.6 Å². The number of nitrogens with zero attached hydrogens (tertiary/aromatic N) is 3. The molecule has 262 valence electrons. The molecule has 2 aliphatic rings. The van der Waals surface area contributed by atoms with Crippen LogP contribution in [0.3, 0.4) is 0 Å². The summed E-state index contributed by atoms with van der Waals surface area (Å²) in [6, 6.07) is 19.0. The third-order valence-electron chi connectivity index (χ3n) is 8.61. The highest BCUT2D eigenvalue weighted by Crippen LogP contribution is 2.15. The molecule has 5 amide bonds. The minimum atomic E-state index is -0.986. The minimum Gasteiger partial charge on any atom is -0.354 e. The van der Waals surface area contributed by atoms with Crippen molar-refractivity contribution >= 4 is 35.2 Å². The molecule has 4 N–H and O–H groups in total. The Hall–Kier alpha value is -5.52. The van der Waals surface area contributed by atoms with Gasteiger partial charge in [-0.15, -0.1) is 0 Å². The Bertz CT molecular complexity index is 1770. The lowest BCUT2D eigenvalue weighted by atomic mass is 10.0. The first-order chi connectivity index (χ1) is 24.1. The smallest absolute Gasteiger partial charge is 0.274 e. The van der Waals surface area contributed by atoms with Gasteiger partial charge in [0.05, 0.1) is 0 Å². The maximum atomic E-state index is 13.8. The molecule has 50 heavy (non-hydrogen) atoms. The number of hydrogen-bond acceptors (Lipinski definition) is 6. The molecule has 12 nitrogen and oxygen atoms in total. The molecule has 0 radical (unpaired) electrons. The van der Waals surface area contributed by atoms with Crippen LogP contribution in [-0.4, -0.2) is 75.0 Å². The third kappa shape index (κ3) is 9.55. The maximum absolute atomic E-state index is 13.8. The number of imidazole rings is 1. The number of rotatable bonds is 5. The van der Waals surface area contributed by atoms with Gasteiger partial charge in [-0.25, -0.2) is 4.98 Å². The normalized spacial score (nSPS) is 20.1. The Labute approximate surface area is 292 Å². The van der Waals surface area contributed by atoms with Crippen molar-refractivity contribution in [2.24, 2.45) is 5.92 Å². The van der Waals surface area contributed by atoms with E-state index in [1.165, 1.54) is 0 Å². The standard InChI is InChI=1S/C38H45N7O5/c1-25(2)21-30-36(48)40-26(3)34(46)39-18-8-10-20-45(38(50)32-24-44-19-9-7-13-33(44)41-32)23-28-14-16-29(17-15-28)35(47)42-31(37(49)43-30)22-27-11-5-4-6-12-27/h4-7,9,11-17,19,24-26,30-31H,8,10,18,20-23H2,1-3H3,(H,39,46)(H,40,48)(H,42,47)(H,43,49)/t26-,30+,31-/m1/s1. The lowest BCUT2D eigenvalue weighted by Crippen LogP contribution is -2.57. The van der Waals surface area contributed by atoms with Crippen molar-refractivity contribution < 1.29 is 24.0 Å². The second kappa shape index (κ2) is 16.7. The fourth-order valence-electron chi connectivity index (χ4n) is 5.88. The highest BCUT2D eigenvalue weighted by Gasteiger charge is 2.30. The largest absolute Gasteiger partial charge is 0.354 e. The van der Waals surface area contributed by atoms with Gasteiger partial charge >= 0.3 is 0 Å². The maximum Gasteiger partial charge on any atom is 0.274 e. The summed E-state index contributed by atoms with van der Waals surface area (Å²) in [5.74, 6) is -1.98. The SMILES string of the molecule is CC(C)C[C@@H]1NC(=O)[C@@H](Cc2ccccc2)NC(=O)c2ccc(cc2)CN(C(=O)c2cn3ccccc3n2)CCCCNC(=O)[C@@H](C)NC1=O.